The summed E-state index contributed by atoms with van der Waals surface area (Å²) in [7, 11) is -3.94. The maximum absolute atomic E-state index is 11.2. The van der Waals surface area contributed by atoms with Crippen LogP contribution < -0.4 is 10.5 Å². The van der Waals surface area contributed by atoms with Crippen LogP contribution in [0.25, 0.3) is 0 Å². The van der Waals surface area contributed by atoms with Gasteiger partial charge in [0.1, 0.15) is 0 Å². The first-order valence-electron chi connectivity index (χ1n) is 5.97. The minimum Gasteiger partial charge on any atom is -0.478 e. The van der Waals surface area contributed by atoms with E-state index in [9.17, 15) is 13.2 Å². The quantitative estimate of drug-likeness (QED) is 0.706. The molecule has 9 heteroatoms. The average Bonchev–Trinajstić information content (AvgIpc) is 2.90. The molecule has 0 saturated heterocycles. The van der Waals surface area contributed by atoms with Crippen LogP contribution >= 0.6 is 0 Å². The molecular weight excluding hydrogens is 296 g/mol. The van der Waals surface area contributed by atoms with Crippen molar-refractivity contribution >= 4 is 21.7 Å². The summed E-state index contributed by atoms with van der Waals surface area (Å²) in [6.45, 7) is 1.06. The van der Waals surface area contributed by atoms with E-state index in [4.69, 9.17) is 10.2 Å². The van der Waals surface area contributed by atoms with Crippen molar-refractivity contribution in [3.63, 3.8) is 0 Å². The van der Waals surface area contributed by atoms with Crippen molar-refractivity contribution in [1.29, 1.82) is 0 Å². The van der Waals surface area contributed by atoms with Gasteiger partial charge in [-0.3, -0.25) is 0 Å². The third-order valence-corrected chi connectivity index (χ3v) is 3.71. The van der Waals surface area contributed by atoms with Crippen LogP contribution in [0.5, 0.6) is 0 Å². The summed E-state index contributed by atoms with van der Waals surface area (Å²) < 4.78 is 24.3. The van der Waals surface area contributed by atoms with Crippen molar-refractivity contribution in [3.8, 4) is 0 Å². The van der Waals surface area contributed by atoms with Gasteiger partial charge in [0.05, 0.1) is 16.8 Å². The Bertz CT molecular complexity index is 741. The largest absolute Gasteiger partial charge is 0.478 e. The minimum absolute atomic E-state index is 0.146. The van der Waals surface area contributed by atoms with E-state index in [0.717, 1.165) is 6.07 Å². The van der Waals surface area contributed by atoms with Gasteiger partial charge < -0.3 is 15.0 Å². The summed E-state index contributed by atoms with van der Waals surface area (Å²) in [5.41, 5.74) is 0.183. The number of hydrogen-bond donors (Lipinski definition) is 3. The predicted octanol–water partition coefficient (Wildman–Crippen LogP) is 0.341. The van der Waals surface area contributed by atoms with Gasteiger partial charge in [0.15, 0.2) is 0 Å². The molecule has 0 bridgehead atoms. The third kappa shape index (κ3) is 3.80. The van der Waals surface area contributed by atoms with Gasteiger partial charge in [-0.25, -0.2) is 23.3 Å². The monoisotopic (exact) mass is 310 g/mol. The zero-order valence-electron chi connectivity index (χ0n) is 10.9. The number of hydrogen-bond acceptors (Lipinski definition) is 5. The van der Waals surface area contributed by atoms with Crippen LogP contribution in [0.4, 0.5) is 5.69 Å². The van der Waals surface area contributed by atoms with E-state index in [-0.39, 0.29) is 10.5 Å². The highest BCUT2D eigenvalue weighted by atomic mass is 32.2. The van der Waals surface area contributed by atoms with E-state index in [2.05, 4.69) is 10.3 Å². The number of aromatic carboxylic acids is 1. The lowest BCUT2D eigenvalue weighted by Crippen LogP contribution is -2.15. The van der Waals surface area contributed by atoms with Gasteiger partial charge >= 0.3 is 5.97 Å². The van der Waals surface area contributed by atoms with Crippen LogP contribution in [0.2, 0.25) is 0 Å². The van der Waals surface area contributed by atoms with Crippen LogP contribution in [0.1, 0.15) is 10.4 Å². The van der Waals surface area contributed by atoms with Crippen LogP contribution in [0.15, 0.2) is 41.8 Å². The van der Waals surface area contributed by atoms with E-state index >= 15 is 0 Å². The first-order valence-corrected chi connectivity index (χ1v) is 7.52. The lowest BCUT2D eigenvalue weighted by Gasteiger charge is -2.11. The van der Waals surface area contributed by atoms with E-state index in [1.165, 1.54) is 12.1 Å². The molecule has 2 rings (SSSR count). The van der Waals surface area contributed by atoms with Crippen LogP contribution in [0, 0.1) is 0 Å². The maximum atomic E-state index is 11.2. The number of benzene rings is 1. The number of anilines is 1. The van der Waals surface area contributed by atoms with E-state index in [1.54, 1.807) is 18.7 Å². The summed E-state index contributed by atoms with van der Waals surface area (Å²) in [6.07, 6.45) is 5.07. The number of carboxylic acid groups (broad SMARTS) is 1. The molecule has 0 amide bonds. The maximum Gasteiger partial charge on any atom is 0.337 e. The number of nitrogens with one attached hydrogen (secondary N) is 1. The Morgan fingerprint density at radius 1 is 1.43 bits per heavy atom. The molecule has 0 aliphatic rings. The summed E-state index contributed by atoms with van der Waals surface area (Å²) in [5, 5.41) is 17.1. The smallest absolute Gasteiger partial charge is 0.337 e. The Balaban J connectivity index is 2.17. The lowest BCUT2D eigenvalue weighted by molar-refractivity contribution is 0.0697. The van der Waals surface area contributed by atoms with Gasteiger partial charge in [0.2, 0.25) is 10.0 Å². The summed E-state index contributed by atoms with van der Waals surface area (Å²) >= 11 is 0. The molecule has 21 heavy (non-hydrogen) atoms. The number of carboxylic acids is 1. The summed E-state index contributed by atoms with van der Waals surface area (Å²) in [6, 6.07) is 3.69. The lowest BCUT2D eigenvalue weighted by atomic mass is 10.2. The highest BCUT2D eigenvalue weighted by molar-refractivity contribution is 7.89. The molecule has 4 N–H and O–H groups in total. The summed E-state index contributed by atoms with van der Waals surface area (Å²) in [5.74, 6) is -1.23. The molecule has 0 spiro atoms. The van der Waals surface area contributed by atoms with E-state index in [1.807, 2.05) is 4.57 Å². The van der Waals surface area contributed by atoms with Crippen molar-refractivity contribution in [2.75, 3.05) is 11.9 Å². The number of sulfonamides is 1. The fourth-order valence-corrected chi connectivity index (χ4v) is 2.31. The predicted molar refractivity (Wildman–Crippen MR) is 75.5 cm³/mol. The second kappa shape index (κ2) is 5.94. The molecule has 1 aromatic carbocycles. The number of carbonyl (C=O) groups is 1. The first kappa shape index (κ1) is 15.0. The van der Waals surface area contributed by atoms with Gasteiger partial charge in [-0.2, -0.15) is 0 Å². The van der Waals surface area contributed by atoms with Crippen molar-refractivity contribution in [3.05, 3.63) is 42.5 Å². The Morgan fingerprint density at radius 3 is 2.76 bits per heavy atom. The van der Waals surface area contributed by atoms with Gasteiger partial charge in [-0.15, -0.1) is 0 Å². The number of primary sulfonamides is 1. The fourth-order valence-electron chi connectivity index (χ4n) is 1.77. The van der Waals surface area contributed by atoms with Crippen molar-refractivity contribution in [2.45, 2.75) is 11.4 Å². The Morgan fingerprint density at radius 2 is 2.19 bits per heavy atom. The van der Waals surface area contributed by atoms with Crippen molar-refractivity contribution < 1.29 is 18.3 Å². The Labute approximate surface area is 121 Å². The first-order chi connectivity index (χ1) is 9.88. The molecule has 112 valence electrons. The summed E-state index contributed by atoms with van der Waals surface area (Å²) in [4.78, 5) is 14.9. The molecule has 0 atom stereocenters. The van der Waals surface area contributed by atoms with E-state index < -0.39 is 16.0 Å². The van der Waals surface area contributed by atoms with Crippen molar-refractivity contribution in [2.24, 2.45) is 5.14 Å². The molecule has 2 aromatic rings. The molecular formula is C12H14N4O4S. The average molecular weight is 310 g/mol. The molecule has 1 aromatic heterocycles. The normalized spacial score (nSPS) is 11.3. The SMILES string of the molecule is NS(=O)(=O)c1ccc(NCCn2ccnc2)c(C(=O)O)c1. The van der Waals surface area contributed by atoms with Crippen LogP contribution in [-0.2, 0) is 16.6 Å². The number of aromatic nitrogens is 2. The standard InChI is InChI=1S/C12H14N4O4S/c13-21(19,20)9-1-2-11(10(7-9)12(17)18)15-4-6-16-5-3-14-8-16/h1-3,5,7-8,15H,4,6H2,(H,17,18)(H2,13,19,20). The molecule has 0 aliphatic heterocycles. The molecule has 0 fully saturated rings. The molecule has 0 aliphatic carbocycles. The molecule has 8 nitrogen and oxygen atoms in total. The van der Waals surface area contributed by atoms with Crippen LogP contribution in [-0.4, -0.2) is 35.6 Å². The topological polar surface area (TPSA) is 127 Å². The van der Waals surface area contributed by atoms with E-state index in [0.29, 0.717) is 18.8 Å². The highest BCUT2D eigenvalue weighted by Gasteiger charge is 2.15. The fraction of sp³-hybridized carbons (Fsp3) is 0.167. The molecule has 1 heterocycles. The zero-order valence-corrected chi connectivity index (χ0v) is 11.7. The van der Waals surface area contributed by atoms with Gasteiger partial charge in [-0.1, -0.05) is 0 Å². The van der Waals surface area contributed by atoms with Gasteiger partial charge in [0.25, 0.3) is 0 Å². The zero-order chi connectivity index (χ0) is 15.5. The Kier molecular flexibility index (Phi) is 4.24. The second-order valence-electron chi connectivity index (χ2n) is 4.28. The molecule has 0 radical (unpaired) electrons. The number of imidazole rings is 1. The van der Waals surface area contributed by atoms with Gasteiger partial charge in [0, 0.05) is 31.2 Å². The molecule has 0 saturated carbocycles. The Hall–Kier alpha value is -2.39. The highest BCUT2D eigenvalue weighted by Crippen LogP contribution is 2.20. The van der Waals surface area contributed by atoms with Crippen LogP contribution in [0.3, 0.4) is 0 Å². The minimum atomic E-state index is -3.94. The number of nitrogens with two attached hydrogens (primary N) is 1. The number of nitrogens with zero attached hydrogens (tertiary/aromatic N) is 2. The second-order valence-corrected chi connectivity index (χ2v) is 5.85. The third-order valence-electron chi connectivity index (χ3n) is 2.79. The molecule has 0 unspecified atom stereocenters. The number of rotatable bonds is 6. The van der Waals surface area contributed by atoms with Gasteiger partial charge in [-0.05, 0) is 18.2 Å². The van der Waals surface area contributed by atoms with Crippen molar-refractivity contribution in [1.82, 2.24) is 9.55 Å².